The maximum atomic E-state index is 11.9. The molecule has 4 heteroatoms. The molecular weight excluding hydrogens is 206 g/mol. The molecule has 0 saturated heterocycles. The van der Waals surface area contributed by atoms with Gasteiger partial charge in [0.15, 0.2) is 17.3 Å². The third kappa shape index (κ3) is 1.46. The first kappa shape index (κ1) is 10.7. The van der Waals surface area contributed by atoms with Gasteiger partial charge in [0, 0.05) is 11.8 Å². The minimum atomic E-state index is -0.175. The van der Waals surface area contributed by atoms with Crippen molar-refractivity contribution in [2.24, 2.45) is 10.9 Å². The van der Waals surface area contributed by atoms with Crippen molar-refractivity contribution in [1.29, 1.82) is 0 Å². The van der Waals surface area contributed by atoms with Gasteiger partial charge in [0.2, 0.25) is 0 Å². The van der Waals surface area contributed by atoms with Crippen LogP contribution in [0, 0.1) is 5.92 Å². The average Bonchev–Trinajstić information content (AvgIpc) is 2.32. The molecule has 0 amide bonds. The first-order valence-electron chi connectivity index (χ1n) is 5.02. The number of carbonyl (C=O) groups is 1. The van der Waals surface area contributed by atoms with Crippen molar-refractivity contribution in [3.63, 3.8) is 0 Å². The van der Waals surface area contributed by atoms with E-state index < -0.39 is 0 Å². The fourth-order valence-corrected chi connectivity index (χ4v) is 1.74. The van der Waals surface area contributed by atoms with Crippen molar-refractivity contribution in [2.45, 2.75) is 6.92 Å². The highest BCUT2D eigenvalue weighted by molar-refractivity contribution is 6.13. The molecule has 0 aliphatic carbocycles. The predicted molar refractivity (Wildman–Crippen MR) is 61.2 cm³/mol. The predicted octanol–water partition coefficient (Wildman–Crippen LogP) is 2.24. The monoisotopic (exact) mass is 219 g/mol. The van der Waals surface area contributed by atoms with Crippen LogP contribution in [0.25, 0.3) is 0 Å². The SMILES string of the molecule is COc1ccc2c(c1OC)N=CC(C)C2=O. The summed E-state index contributed by atoms with van der Waals surface area (Å²) in [6, 6.07) is 3.45. The van der Waals surface area contributed by atoms with Crippen LogP contribution in [0.1, 0.15) is 17.3 Å². The number of hydrogen-bond acceptors (Lipinski definition) is 4. The Hall–Kier alpha value is -1.84. The van der Waals surface area contributed by atoms with E-state index in [1.807, 2.05) is 6.92 Å². The molecule has 84 valence electrons. The maximum absolute atomic E-state index is 11.9. The third-order valence-corrected chi connectivity index (χ3v) is 2.63. The lowest BCUT2D eigenvalue weighted by molar-refractivity contribution is 0.0962. The number of Topliss-reactive ketones (excluding diaryl/α,β-unsaturated/α-hetero) is 1. The van der Waals surface area contributed by atoms with E-state index in [1.165, 1.54) is 7.11 Å². The second-order valence-corrected chi connectivity index (χ2v) is 3.63. The fraction of sp³-hybridized carbons (Fsp3) is 0.333. The second kappa shape index (κ2) is 3.96. The van der Waals surface area contributed by atoms with Gasteiger partial charge < -0.3 is 9.47 Å². The number of hydrogen-bond donors (Lipinski definition) is 0. The highest BCUT2D eigenvalue weighted by atomic mass is 16.5. The molecular formula is C12H13NO3. The van der Waals surface area contributed by atoms with Gasteiger partial charge in [0.25, 0.3) is 0 Å². The molecule has 1 heterocycles. The van der Waals surface area contributed by atoms with Crippen LogP contribution in [-0.4, -0.2) is 26.2 Å². The lowest BCUT2D eigenvalue weighted by atomic mass is 9.95. The second-order valence-electron chi connectivity index (χ2n) is 3.63. The standard InChI is InChI=1S/C12H13NO3/c1-7-6-13-10-8(11(7)14)4-5-9(15-2)12(10)16-3/h4-7H,1-3H3. The molecule has 2 rings (SSSR count). The quantitative estimate of drug-likeness (QED) is 0.766. The van der Waals surface area contributed by atoms with Gasteiger partial charge in [0.1, 0.15) is 5.69 Å². The summed E-state index contributed by atoms with van der Waals surface area (Å²) in [5.41, 5.74) is 1.15. The average molecular weight is 219 g/mol. The Balaban J connectivity index is 2.64. The Morgan fingerprint density at radius 2 is 2.00 bits per heavy atom. The molecule has 4 nitrogen and oxygen atoms in total. The third-order valence-electron chi connectivity index (χ3n) is 2.63. The molecule has 1 aliphatic heterocycles. The van der Waals surface area contributed by atoms with Crippen LogP contribution in [0.5, 0.6) is 11.5 Å². The molecule has 1 aliphatic rings. The van der Waals surface area contributed by atoms with E-state index in [4.69, 9.17) is 9.47 Å². The van der Waals surface area contributed by atoms with Crippen molar-refractivity contribution in [3.05, 3.63) is 17.7 Å². The number of ether oxygens (including phenoxy) is 2. The number of rotatable bonds is 2. The summed E-state index contributed by atoms with van der Waals surface area (Å²) >= 11 is 0. The Morgan fingerprint density at radius 1 is 1.25 bits per heavy atom. The first-order chi connectivity index (χ1) is 7.69. The summed E-state index contributed by atoms with van der Waals surface area (Å²) in [7, 11) is 3.09. The maximum Gasteiger partial charge on any atom is 0.187 e. The molecule has 0 fully saturated rings. The van der Waals surface area contributed by atoms with Crippen molar-refractivity contribution >= 4 is 17.7 Å². The van der Waals surface area contributed by atoms with Crippen molar-refractivity contribution in [3.8, 4) is 11.5 Å². The number of benzene rings is 1. The van der Waals surface area contributed by atoms with Gasteiger partial charge >= 0.3 is 0 Å². The van der Waals surface area contributed by atoms with Crippen molar-refractivity contribution in [2.75, 3.05) is 14.2 Å². The zero-order valence-corrected chi connectivity index (χ0v) is 9.48. The van der Waals surface area contributed by atoms with Crippen molar-refractivity contribution in [1.82, 2.24) is 0 Å². The van der Waals surface area contributed by atoms with E-state index in [-0.39, 0.29) is 11.7 Å². The zero-order chi connectivity index (χ0) is 11.7. The van der Waals surface area contributed by atoms with Gasteiger partial charge in [0.05, 0.1) is 20.1 Å². The Kier molecular flexibility index (Phi) is 2.64. The smallest absolute Gasteiger partial charge is 0.187 e. The largest absolute Gasteiger partial charge is 0.493 e. The minimum absolute atomic E-state index is 0.0611. The van der Waals surface area contributed by atoms with Gasteiger partial charge in [-0.3, -0.25) is 9.79 Å². The molecule has 0 spiro atoms. The molecule has 0 bridgehead atoms. The molecule has 0 saturated carbocycles. The van der Waals surface area contributed by atoms with E-state index in [0.717, 1.165) is 0 Å². The summed E-state index contributed by atoms with van der Waals surface area (Å²) in [6.07, 6.45) is 1.63. The highest BCUT2D eigenvalue weighted by Gasteiger charge is 2.25. The zero-order valence-electron chi connectivity index (χ0n) is 9.48. The number of carbonyl (C=O) groups excluding carboxylic acids is 1. The number of methoxy groups -OCH3 is 2. The normalized spacial score (nSPS) is 18.2. The summed E-state index contributed by atoms with van der Waals surface area (Å²) < 4.78 is 10.4. The van der Waals surface area contributed by atoms with Gasteiger partial charge in [-0.05, 0) is 12.1 Å². The van der Waals surface area contributed by atoms with Gasteiger partial charge in [-0.1, -0.05) is 6.92 Å². The van der Waals surface area contributed by atoms with Crippen LogP contribution in [0.2, 0.25) is 0 Å². The molecule has 0 radical (unpaired) electrons. The topological polar surface area (TPSA) is 47.9 Å². The van der Waals surface area contributed by atoms with Gasteiger partial charge in [-0.25, -0.2) is 0 Å². The van der Waals surface area contributed by atoms with Crippen molar-refractivity contribution < 1.29 is 14.3 Å². The molecule has 0 N–H and O–H groups in total. The van der Waals surface area contributed by atoms with Crippen LogP contribution >= 0.6 is 0 Å². The van der Waals surface area contributed by atoms with Crippen LogP contribution in [0.15, 0.2) is 17.1 Å². The number of aliphatic imine (C=N–C) groups is 1. The molecule has 1 aromatic rings. The molecule has 0 aromatic heterocycles. The van der Waals surface area contributed by atoms with Gasteiger partial charge in [-0.2, -0.15) is 0 Å². The Labute approximate surface area is 93.9 Å². The first-order valence-corrected chi connectivity index (χ1v) is 5.02. The number of fused-ring (bicyclic) bond motifs is 1. The lowest BCUT2D eigenvalue weighted by Crippen LogP contribution is -2.16. The highest BCUT2D eigenvalue weighted by Crippen LogP contribution is 2.42. The summed E-state index contributed by atoms with van der Waals surface area (Å²) in [4.78, 5) is 16.1. The molecule has 1 unspecified atom stereocenters. The van der Waals surface area contributed by atoms with E-state index in [0.29, 0.717) is 22.7 Å². The molecule has 16 heavy (non-hydrogen) atoms. The van der Waals surface area contributed by atoms with Gasteiger partial charge in [-0.15, -0.1) is 0 Å². The van der Waals surface area contributed by atoms with E-state index >= 15 is 0 Å². The molecule has 1 atom stereocenters. The summed E-state index contributed by atoms with van der Waals surface area (Å²) in [5.74, 6) is 0.980. The lowest BCUT2D eigenvalue weighted by Gasteiger charge is -2.17. The van der Waals surface area contributed by atoms with Crippen LogP contribution in [-0.2, 0) is 0 Å². The van der Waals surface area contributed by atoms with Crippen LogP contribution < -0.4 is 9.47 Å². The van der Waals surface area contributed by atoms with E-state index in [1.54, 1.807) is 25.5 Å². The number of ketones is 1. The van der Waals surface area contributed by atoms with E-state index in [9.17, 15) is 4.79 Å². The summed E-state index contributed by atoms with van der Waals surface area (Å²) in [5, 5.41) is 0. The van der Waals surface area contributed by atoms with E-state index in [2.05, 4.69) is 4.99 Å². The summed E-state index contributed by atoms with van der Waals surface area (Å²) in [6.45, 7) is 1.82. The van der Waals surface area contributed by atoms with Crippen LogP contribution in [0.3, 0.4) is 0 Å². The molecule has 1 aromatic carbocycles. The fourth-order valence-electron chi connectivity index (χ4n) is 1.74. The number of nitrogens with zero attached hydrogens (tertiary/aromatic N) is 1. The van der Waals surface area contributed by atoms with Crippen LogP contribution in [0.4, 0.5) is 5.69 Å². The Bertz CT molecular complexity index is 466. The minimum Gasteiger partial charge on any atom is -0.493 e. The Morgan fingerprint density at radius 3 is 2.62 bits per heavy atom.